The van der Waals surface area contributed by atoms with Gasteiger partial charge in [0, 0.05) is 12.1 Å². The molecule has 1 aliphatic heterocycles. The zero-order valence-corrected chi connectivity index (χ0v) is 13.8. The van der Waals surface area contributed by atoms with E-state index >= 15 is 0 Å². The van der Waals surface area contributed by atoms with E-state index in [9.17, 15) is 22.4 Å². The number of rotatable bonds is 5. The predicted molar refractivity (Wildman–Crippen MR) is 83.6 cm³/mol. The first kappa shape index (κ1) is 16.9. The van der Waals surface area contributed by atoms with Crippen LogP contribution in [0.5, 0.6) is 0 Å². The Morgan fingerprint density at radius 1 is 1.12 bits per heavy atom. The summed E-state index contributed by atoms with van der Waals surface area (Å²) in [4.78, 5) is 25.9. The molecule has 3 rings (SSSR count). The largest absolute Gasteiger partial charge is 0.452 e. The van der Waals surface area contributed by atoms with Crippen molar-refractivity contribution in [1.29, 1.82) is 0 Å². The molecule has 8 heteroatoms. The van der Waals surface area contributed by atoms with E-state index in [1.54, 1.807) is 4.90 Å². The predicted octanol–water partition coefficient (Wildman–Crippen LogP) is 1.16. The highest BCUT2D eigenvalue weighted by Crippen LogP contribution is 2.32. The molecule has 24 heavy (non-hydrogen) atoms. The van der Waals surface area contributed by atoms with Crippen molar-refractivity contribution >= 4 is 21.7 Å². The van der Waals surface area contributed by atoms with Crippen molar-refractivity contribution in [2.24, 2.45) is 0 Å². The summed E-state index contributed by atoms with van der Waals surface area (Å²) in [5.41, 5.74) is 0.158. The lowest BCUT2D eigenvalue weighted by molar-refractivity contribution is -0.137. The molecule has 0 unspecified atom stereocenters. The fourth-order valence-electron chi connectivity index (χ4n) is 2.92. The van der Waals surface area contributed by atoms with Gasteiger partial charge in [-0.25, -0.2) is 17.6 Å². The van der Waals surface area contributed by atoms with Crippen molar-refractivity contribution in [1.82, 2.24) is 4.90 Å². The highest BCUT2D eigenvalue weighted by atomic mass is 32.2. The molecular weight excluding hydrogens is 337 g/mol. The summed E-state index contributed by atoms with van der Waals surface area (Å²) in [6.07, 6.45) is 2.11. The molecular formula is C16H18FNO5S. The lowest BCUT2D eigenvalue weighted by Gasteiger charge is -2.28. The quantitative estimate of drug-likeness (QED) is 0.741. The zero-order valence-electron chi connectivity index (χ0n) is 13.0. The first-order valence-corrected chi connectivity index (χ1v) is 9.62. The number of carbonyl (C=O) groups excluding carboxylic acids is 2. The number of benzene rings is 1. The molecule has 2 aliphatic rings. The summed E-state index contributed by atoms with van der Waals surface area (Å²) in [6.45, 7) is -0.441. The maximum Gasteiger partial charge on any atom is 0.338 e. The van der Waals surface area contributed by atoms with Crippen LogP contribution in [0.1, 0.15) is 29.6 Å². The van der Waals surface area contributed by atoms with Gasteiger partial charge in [0.15, 0.2) is 16.4 Å². The summed E-state index contributed by atoms with van der Waals surface area (Å²) in [6, 6.07) is 4.55. The van der Waals surface area contributed by atoms with Crippen LogP contribution < -0.4 is 0 Å². The summed E-state index contributed by atoms with van der Waals surface area (Å²) >= 11 is 0. The van der Waals surface area contributed by atoms with E-state index in [1.807, 2.05) is 0 Å². The number of hydrogen-bond acceptors (Lipinski definition) is 5. The van der Waals surface area contributed by atoms with Gasteiger partial charge in [-0.2, -0.15) is 0 Å². The van der Waals surface area contributed by atoms with Crippen LogP contribution in [0, 0.1) is 5.82 Å². The van der Waals surface area contributed by atoms with E-state index in [1.165, 1.54) is 12.1 Å². The van der Waals surface area contributed by atoms with Crippen molar-refractivity contribution in [3.05, 3.63) is 35.6 Å². The summed E-state index contributed by atoms with van der Waals surface area (Å²) in [5.74, 6) is -1.50. The van der Waals surface area contributed by atoms with Crippen LogP contribution in [-0.2, 0) is 19.4 Å². The first-order valence-electron chi connectivity index (χ1n) is 7.80. The van der Waals surface area contributed by atoms with Crippen LogP contribution in [0.25, 0.3) is 0 Å². The second-order valence-corrected chi connectivity index (χ2v) is 8.40. The third kappa shape index (κ3) is 3.92. The van der Waals surface area contributed by atoms with Crippen LogP contribution in [0.15, 0.2) is 24.3 Å². The lowest BCUT2D eigenvalue weighted by Crippen LogP contribution is -2.44. The van der Waals surface area contributed by atoms with Crippen LogP contribution in [0.3, 0.4) is 0 Å². The standard InChI is InChI=1S/C16H18FNO5S/c17-12-3-1-11(2-4-12)16(20)23-9-15(19)18(13-5-6-13)14-7-8-24(21,22)10-14/h1-4,13-14H,5-10H2/t14-/m0/s1. The third-order valence-corrected chi connectivity index (χ3v) is 5.99. The molecule has 0 spiro atoms. The Labute approximate surface area is 139 Å². The number of hydrogen-bond donors (Lipinski definition) is 0. The maximum absolute atomic E-state index is 12.8. The highest BCUT2D eigenvalue weighted by molar-refractivity contribution is 7.91. The number of esters is 1. The normalized spacial score (nSPS) is 22.1. The minimum absolute atomic E-state index is 0.0266. The van der Waals surface area contributed by atoms with Gasteiger partial charge >= 0.3 is 5.97 Å². The molecule has 0 bridgehead atoms. The van der Waals surface area contributed by atoms with Gasteiger partial charge in [0.1, 0.15) is 5.82 Å². The molecule has 0 N–H and O–H groups in total. The van der Waals surface area contributed by atoms with Crippen LogP contribution in [-0.4, -0.2) is 55.4 Å². The molecule has 1 atom stereocenters. The van der Waals surface area contributed by atoms with Crippen molar-refractivity contribution in [3.63, 3.8) is 0 Å². The van der Waals surface area contributed by atoms with Gasteiger partial charge in [-0.3, -0.25) is 4.79 Å². The molecule has 2 fully saturated rings. The Morgan fingerprint density at radius 3 is 2.33 bits per heavy atom. The number of nitrogens with zero attached hydrogens (tertiary/aromatic N) is 1. The summed E-state index contributed by atoms with van der Waals surface area (Å²) in [7, 11) is -3.10. The molecule has 1 heterocycles. The third-order valence-electron chi connectivity index (χ3n) is 4.24. The fourth-order valence-corrected chi connectivity index (χ4v) is 4.64. The van der Waals surface area contributed by atoms with Gasteiger partial charge in [0.05, 0.1) is 17.1 Å². The van der Waals surface area contributed by atoms with E-state index in [0.29, 0.717) is 6.42 Å². The number of sulfone groups is 1. The van der Waals surface area contributed by atoms with E-state index in [4.69, 9.17) is 4.74 Å². The minimum atomic E-state index is -3.10. The Bertz CT molecular complexity index is 742. The molecule has 130 valence electrons. The maximum atomic E-state index is 12.8. The van der Waals surface area contributed by atoms with Gasteiger partial charge in [0.25, 0.3) is 5.91 Å². The molecule has 1 aliphatic carbocycles. The van der Waals surface area contributed by atoms with Gasteiger partial charge in [0.2, 0.25) is 0 Å². The molecule has 1 aromatic carbocycles. The van der Waals surface area contributed by atoms with E-state index in [-0.39, 0.29) is 35.1 Å². The second kappa shape index (κ2) is 6.51. The van der Waals surface area contributed by atoms with Gasteiger partial charge in [-0.15, -0.1) is 0 Å². The van der Waals surface area contributed by atoms with Crippen LogP contribution >= 0.6 is 0 Å². The number of carbonyl (C=O) groups is 2. The number of halogens is 1. The van der Waals surface area contributed by atoms with Gasteiger partial charge < -0.3 is 9.64 Å². The summed E-state index contributed by atoms with van der Waals surface area (Å²) in [5, 5.41) is 0. The van der Waals surface area contributed by atoms with Crippen LogP contribution in [0.2, 0.25) is 0 Å². The van der Waals surface area contributed by atoms with E-state index in [0.717, 1.165) is 25.0 Å². The molecule has 0 radical (unpaired) electrons. The van der Waals surface area contributed by atoms with E-state index in [2.05, 4.69) is 0 Å². The molecule has 1 aromatic rings. The Hall–Kier alpha value is -1.96. The minimum Gasteiger partial charge on any atom is -0.452 e. The van der Waals surface area contributed by atoms with E-state index < -0.39 is 28.2 Å². The first-order chi connectivity index (χ1) is 11.4. The molecule has 1 amide bonds. The van der Waals surface area contributed by atoms with Crippen molar-refractivity contribution in [2.45, 2.75) is 31.3 Å². The van der Waals surface area contributed by atoms with Gasteiger partial charge in [-0.05, 0) is 43.5 Å². The monoisotopic (exact) mass is 355 g/mol. The SMILES string of the molecule is O=C(OCC(=O)N(C1CC1)[C@H]1CCS(=O)(=O)C1)c1ccc(F)cc1. The van der Waals surface area contributed by atoms with Gasteiger partial charge in [-0.1, -0.05) is 0 Å². The van der Waals surface area contributed by atoms with Crippen LogP contribution in [0.4, 0.5) is 4.39 Å². The zero-order chi connectivity index (χ0) is 17.3. The molecule has 1 saturated carbocycles. The average molecular weight is 355 g/mol. The Kier molecular flexibility index (Phi) is 4.58. The molecule has 6 nitrogen and oxygen atoms in total. The van der Waals surface area contributed by atoms with Crippen molar-refractivity contribution in [3.8, 4) is 0 Å². The smallest absolute Gasteiger partial charge is 0.338 e. The second-order valence-electron chi connectivity index (χ2n) is 6.17. The lowest BCUT2D eigenvalue weighted by atomic mass is 10.2. The fraction of sp³-hybridized carbons (Fsp3) is 0.500. The highest BCUT2D eigenvalue weighted by Gasteiger charge is 2.42. The Morgan fingerprint density at radius 2 is 1.79 bits per heavy atom. The number of amides is 1. The summed E-state index contributed by atoms with van der Waals surface area (Å²) < 4.78 is 41.1. The average Bonchev–Trinajstić information content (AvgIpc) is 3.29. The molecule has 0 aromatic heterocycles. The topological polar surface area (TPSA) is 80.8 Å². The van der Waals surface area contributed by atoms with Crippen molar-refractivity contribution in [2.75, 3.05) is 18.1 Å². The number of ether oxygens (including phenoxy) is 1. The van der Waals surface area contributed by atoms with Crippen molar-refractivity contribution < 1.29 is 27.1 Å². The Balaban J connectivity index is 1.60. The molecule has 1 saturated heterocycles.